The van der Waals surface area contributed by atoms with Crippen LogP contribution in [0.15, 0.2) is 36.7 Å². The number of pyridine rings is 2. The lowest BCUT2D eigenvalue weighted by atomic mass is 10.1. The van der Waals surface area contributed by atoms with E-state index in [1.807, 2.05) is 6.92 Å². The molecule has 30 heavy (non-hydrogen) atoms. The fourth-order valence-corrected chi connectivity index (χ4v) is 3.03. The van der Waals surface area contributed by atoms with Gasteiger partial charge in [0.25, 0.3) is 0 Å². The SMILES string of the molecule is CN/C=C(\C=N)c1cc(Oc2ccc(NC(=O)N3CCC(C)C3=O)nc2C)ccn1. The Labute approximate surface area is 174 Å². The van der Waals surface area contributed by atoms with Gasteiger partial charge in [-0.2, -0.15) is 0 Å². The molecule has 1 unspecified atom stereocenters. The van der Waals surface area contributed by atoms with Crippen molar-refractivity contribution >= 4 is 29.5 Å². The maximum atomic E-state index is 12.3. The normalized spacial score (nSPS) is 16.4. The van der Waals surface area contributed by atoms with Crippen LogP contribution in [0.25, 0.3) is 5.57 Å². The number of hydrogen-bond acceptors (Lipinski definition) is 7. The van der Waals surface area contributed by atoms with Crippen LogP contribution in [-0.4, -0.2) is 46.6 Å². The van der Waals surface area contributed by atoms with E-state index in [0.717, 1.165) is 0 Å². The number of nitrogens with one attached hydrogen (secondary N) is 3. The molecule has 0 bridgehead atoms. The molecule has 156 valence electrons. The number of allylic oxidation sites excluding steroid dienone is 1. The fraction of sp³-hybridized carbons (Fsp3) is 0.286. The Hall–Kier alpha value is -3.75. The number of anilines is 1. The third kappa shape index (κ3) is 4.62. The number of rotatable bonds is 6. The second-order valence-corrected chi connectivity index (χ2v) is 6.90. The van der Waals surface area contributed by atoms with Crippen LogP contribution in [0.4, 0.5) is 10.6 Å². The van der Waals surface area contributed by atoms with Gasteiger partial charge in [0.05, 0.1) is 11.4 Å². The van der Waals surface area contributed by atoms with Crippen LogP contribution < -0.4 is 15.4 Å². The summed E-state index contributed by atoms with van der Waals surface area (Å²) >= 11 is 0. The van der Waals surface area contributed by atoms with Gasteiger partial charge in [0.2, 0.25) is 5.91 Å². The highest BCUT2D eigenvalue weighted by molar-refractivity contribution is 6.07. The number of amides is 3. The van der Waals surface area contributed by atoms with E-state index in [0.29, 0.717) is 47.2 Å². The number of ether oxygens (including phenoxy) is 1. The molecule has 0 aliphatic carbocycles. The Morgan fingerprint density at radius 2 is 2.17 bits per heavy atom. The molecule has 3 heterocycles. The smallest absolute Gasteiger partial charge is 0.329 e. The van der Waals surface area contributed by atoms with Crippen LogP contribution in [0, 0.1) is 18.3 Å². The average Bonchev–Trinajstić information content (AvgIpc) is 3.07. The highest BCUT2D eigenvalue weighted by Crippen LogP contribution is 2.27. The second kappa shape index (κ2) is 9.17. The average molecular weight is 408 g/mol. The summed E-state index contributed by atoms with van der Waals surface area (Å²) in [7, 11) is 1.75. The summed E-state index contributed by atoms with van der Waals surface area (Å²) in [5, 5.41) is 13.1. The lowest BCUT2D eigenvalue weighted by Crippen LogP contribution is -2.37. The molecule has 1 atom stereocenters. The number of imide groups is 1. The largest absolute Gasteiger partial charge is 0.455 e. The third-order valence-electron chi connectivity index (χ3n) is 4.70. The van der Waals surface area contributed by atoms with Crippen molar-refractivity contribution in [1.82, 2.24) is 20.2 Å². The van der Waals surface area contributed by atoms with Gasteiger partial charge in [0.1, 0.15) is 17.3 Å². The highest BCUT2D eigenvalue weighted by Gasteiger charge is 2.32. The van der Waals surface area contributed by atoms with E-state index in [-0.39, 0.29) is 11.8 Å². The van der Waals surface area contributed by atoms with Gasteiger partial charge in [-0.05, 0) is 31.5 Å². The van der Waals surface area contributed by atoms with E-state index in [1.165, 1.54) is 11.1 Å². The van der Waals surface area contributed by atoms with Crippen molar-refractivity contribution in [3.8, 4) is 11.5 Å². The van der Waals surface area contributed by atoms with Crippen LogP contribution in [0.3, 0.4) is 0 Å². The van der Waals surface area contributed by atoms with Crippen LogP contribution in [0.5, 0.6) is 11.5 Å². The molecule has 2 aromatic rings. The van der Waals surface area contributed by atoms with Gasteiger partial charge in [-0.25, -0.2) is 9.78 Å². The molecule has 3 amide bonds. The standard InChI is InChI=1S/C21H24N6O3/c1-13-7-9-27(20(13)28)21(29)26-19-5-4-18(14(2)25-19)30-16-6-8-24-17(10-16)15(11-22)12-23-3/h4-6,8,10-13,22-23H,7,9H2,1-3H3,(H,25,26,29)/b15-12+,22-11?. The first-order valence-electron chi connectivity index (χ1n) is 9.55. The molecule has 2 aromatic heterocycles. The zero-order chi connectivity index (χ0) is 21.7. The molecule has 0 aromatic carbocycles. The monoisotopic (exact) mass is 408 g/mol. The Kier molecular flexibility index (Phi) is 6.41. The Balaban J connectivity index is 1.72. The molecule has 9 nitrogen and oxygen atoms in total. The molecule has 1 aliphatic rings. The van der Waals surface area contributed by atoms with Gasteiger partial charge in [-0.15, -0.1) is 0 Å². The molecule has 1 fully saturated rings. The molecule has 0 radical (unpaired) electrons. The number of urea groups is 1. The number of aryl methyl sites for hydroxylation is 1. The van der Waals surface area contributed by atoms with Gasteiger partial charge in [0.15, 0.2) is 0 Å². The van der Waals surface area contributed by atoms with Crippen LogP contribution >= 0.6 is 0 Å². The van der Waals surface area contributed by atoms with Crippen molar-refractivity contribution in [3.63, 3.8) is 0 Å². The molecular formula is C21H24N6O3. The van der Waals surface area contributed by atoms with Crippen LogP contribution in [-0.2, 0) is 4.79 Å². The van der Waals surface area contributed by atoms with Crippen molar-refractivity contribution in [2.45, 2.75) is 20.3 Å². The summed E-state index contributed by atoms with van der Waals surface area (Å²) in [6.07, 6.45) is 5.15. The predicted octanol–water partition coefficient (Wildman–Crippen LogP) is 3.19. The number of aromatic nitrogens is 2. The summed E-state index contributed by atoms with van der Waals surface area (Å²) in [5.41, 5.74) is 1.78. The number of hydrogen-bond donors (Lipinski definition) is 3. The summed E-state index contributed by atoms with van der Waals surface area (Å²) in [6, 6.07) is 6.28. The van der Waals surface area contributed by atoms with E-state index in [2.05, 4.69) is 20.6 Å². The lowest BCUT2D eigenvalue weighted by Gasteiger charge is -2.15. The highest BCUT2D eigenvalue weighted by atomic mass is 16.5. The first-order valence-corrected chi connectivity index (χ1v) is 9.55. The van der Waals surface area contributed by atoms with Gasteiger partial charge >= 0.3 is 6.03 Å². The van der Waals surface area contributed by atoms with Crippen LogP contribution in [0.1, 0.15) is 24.7 Å². The Morgan fingerprint density at radius 1 is 1.37 bits per heavy atom. The van der Waals surface area contributed by atoms with E-state index in [9.17, 15) is 9.59 Å². The first-order chi connectivity index (χ1) is 14.4. The maximum absolute atomic E-state index is 12.3. The predicted molar refractivity (Wildman–Crippen MR) is 114 cm³/mol. The van der Waals surface area contributed by atoms with E-state index < -0.39 is 6.03 Å². The van der Waals surface area contributed by atoms with Crippen LogP contribution in [0.2, 0.25) is 0 Å². The van der Waals surface area contributed by atoms with E-state index in [4.69, 9.17) is 10.1 Å². The second-order valence-electron chi connectivity index (χ2n) is 6.90. The van der Waals surface area contributed by atoms with Gasteiger partial charge in [-0.3, -0.25) is 20.0 Å². The zero-order valence-corrected chi connectivity index (χ0v) is 17.1. The zero-order valence-electron chi connectivity index (χ0n) is 17.1. The minimum absolute atomic E-state index is 0.136. The van der Waals surface area contributed by atoms with Crippen molar-refractivity contribution in [1.29, 1.82) is 5.41 Å². The van der Waals surface area contributed by atoms with Crippen molar-refractivity contribution in [3.05, 3.63) is 48.1 Å². The lowest BCUT2D eigenvalue weighted by molar-refractivity contribution is -0.127. The molecule has 0 saturated carbocycles. The van der Waals surface area contributed by atoms with Gasteiger partial charge in [-0.1, -0.05) is 6.92 Å². The van der Waals surface area contributed by atoms with Gasteiger partial charge in [0, 0.05) is 49.8 Å². The van der Waals surface area contributed by atoms with Crippen molar-refractivity contribution < 1.29 is 14.3 Å². The number of carbonyl (C=O) groups excluding carboxylic acids is 2. The summed E-state index contributed by atoms with van der Waals surface area (Å²) in [5.74, 6) is 1.10. The molecule has 3 N–H and O–H groups in total. The van der Waals surface area contributed by atoms with Crippen molar-refractivity contribution in [2.24, 2.45) is 5.92 Å². The first kappa shape index (κ1) is 21.0. The molecular weight excluding hydrogens is 384 g/mol. The summed E-state index contributed by atoms with van der Waals surface area (Å²) in [6.45, 7) is 3.99. The Bertz CT molecular complexity index is 1000. The molecule has 0 spiro atoms. The molecule has 1 aliphatic heterocycles. The summed E-state index contributed by atoms with van der Waals surface area (Å²) < 4.78 is 5.91. The molecule has 9 heteroatoms. The number of nitrogens with zero attached hydrogens (tertiary/aromatic N) is 3. The minimum Gasteiger partial charge on any atom is -0.455 e. The van der Waals surface area contributed by atoms with E-state index in [1.54, 1.807) is 50.6 Å². The van der Waals surface area contributed by atoms with E-state index >= 15 is 0 Å². The number of likely N-dealkylation sites (tertiary alicyclic amines) is 1. The maximum Gasteiger partial charge on any atom is 0.329 e. The fourth-order valence-electron chi connectivity index (χ4n) is 3.03. The summed E-state index contributed by atoms with van der Waals surface area (Å²) in [4.78, 5) is 34.2. The number of carbonyl (C=O) groups is 2. The molecule has 1 saturated heterocycles. The quantitative estimate of drug-likeness (QED) is 0.632. The topological polar surface area (TPSA) is 120 Å². The van der Waals surface area contributed by atoms with Crippen molar-refractivity contribution in [2.75, 3.05) is 18.9 Å². The third-order valence-corrected chi connectivity index (χ3v) is 4.70. The Morgan fingerprint density at radius 3 is 2.80 bits per heavy atom. The molecule has 3 rings (SSSR count). The van der Waals surface area contributed by atoms with Gasteiger partial charge < -0.3 is 15.5 Å². The minimum atomic E-state index is -0.473.